The number of rotatable bonds is 6. The maximum atomic E-state index is 5.95. The van der Waals surface area contributed by atoms with E-state index in [1.165, 1.54) is 10.4 Å². The summed E-state index contributed by atoms with van der Waals surface area (Å²) in [4.78, 5) is 1.34. The summed E-state index contributed by atoms with van der Waals surface area (Å²) < 4.78 is 5.90. The van der Waals surface area contributed by atoms with Gasteiger partial charge >= 0.3 is 0 Å². The van der Waals surface area contributed by atoms with Crippen LogP contribution in [0.3, 0.4) is 0 Å². The lowest BCUT2D eigenvalue weighted by Crippen LogP contribution is -2.13. The second kappa shape index (κ2) is 7.25. The summed E-state index contributed by atoms with van der Waals surface area (Å²) in [5.74, 6) is 2.09. The standard InChI is InChI=1S/C19H19NOS/c20-14-16(19-10-5-11-22-19)12-15-6-4-9-18(13-15)21-17-7-2-1-3-8-17/h1-11,13,16H,12,14,20H2. The Labute approximate surface area is 135 Å². The SMILES string of the molecule is NCC(Cc1cccc(Oc2ccccc2)c1)c1cccs1. The van der Waals surface area contributed by atoms with Gasteiger partial charge in [0.15, 0.2) is 0 Å². The van der Waals surface area contributed by atoms with Gasteiger partial charge in [0, 0.05) is 17.3 Å². The fraction of sp³-hybridized carbons (Fsp3) is 0.158. The molecule has 0 spiro atoms. The molecule has 2 N–H and O–H groups in total. The Balaban J connectivity index is 1.73. The molecule has 22 heavy (non-hydrogen) atoms. The van der Waals surface area contributed by atoms with Crippen LogP contribution >= 0.6 is 11.3 Å². The Morgan fingerprint density at radius 1 is 0.909 bits per heavy atom. The molecule has 0 fully saturated rings. The Kier molecular flexibility index (Phi) is 4.88. The van der Waals surface area contributed by atoms with Crippen molar-refractivity contribution in [3.8, 4) is 11.5 Å². The van der Waals surface area contributed by atoms with E-state index in [1.54, 1.807) is 11.3 Å². The number of para-hydroxylation sites is 1. The normalized spacial score (nSPS) is 12.0. The first-order chi connectivity index (χ1) is 10.8. The van der Waals surface area contributed by atoms with Gasteiger partial charge in [0.2, 0.25) is 0 Å². The van der Waals surface area contributed by atoms with Gasteiger partial charge < -0.3 is 10.5 Å². The van der Waals surface area contributed by atoms with Crippen molar-refractivity contribution in [2.45, 2.75) is 12.3 Å². The Bertz CT molecular complexity index is 694. The molecule has 1 atom stereocenters. The molecule has 0 amide bonds. The van der Waals surface area contributed by atoms with Crippen LogP contribution in [0.4, 0.5) is 0 Å². The molecule has 3 rings (SSSR count). The highest BCUT2D eigenvalue weighted by molar-refractivity contribution is 7.10. The summed E-state index contributed by atoms with van der Waals surface area (Å²) in [6.45, 7) is 0.657. The van der Waals surface area contributed by atoms with Crippen LogP contribution in [0.2, 0.25) is 0 Å². The third-order valence-corrected chi connectivity index (χ3v) is 4.62. The average molecular weight is 309 g/mol. The van der Waals surface area contributed by atoms with Crippen molar-refractivity contribution in [2.24, 2.45) is 5.73 Å². The summed E-state index contributed by atoms with van der Waals surface area (Å²) in [6.07, 6.45) is 0.934. The van der Waals surface area contributed by atoms with E-state index < -0.39 is 0 Å². The van der Waals surface area contributed by atoms with Gasteiger partial charge in [0.05, 0.1) is 0 Å². The van der Waals surface area contributed by atoms with Crippen LogP contribution in [-0.4, -0.2) is 6.54 Å². The highest BCUT2D eigenvalue weighted by Gasteiger charge is 2.12. The van der Waals surface area contributed by atoms with E-state index in [2.05, 4.69) is 29.6 Å². The van der Waals surface area contributed by atoms with Crippen LogP contribution in [-0.2, 0) is 6.42 Å². The van der Waals surface area contributed by atoms with Crippen molar-refractivity contribution in [1.29, 1.82) is 0 Å². The van der Waals surface area contributed by atoms with Crippen LogP contribution in [0, 0.1) is 0 Å². The summed E-state index contributed by atoms with van der Waals surface area (Å²) in [7, 11) is 0. The first-order valence-electron chi connectivity index (χ1n) is 7.40. The first-order valence-corrected chi connectivity index (χ1v) is 8.28. The van der Waals surface area contributed by atoms with Gasteiger partial charge in [0.25, 0.3) is 0 Å². The van der Waals surface area contributed by atoms with E-state index in [1.807, 2.05) is 42.5 Å². The van der Waals surface area contributed by atoms with Crippen LogP contribution in [0.15, 0.2) is 72.1 Å². The van der Waals surface area contributed by atoms with Gasteiger partial charge in [-0.25, -0.2) is 0 Å². The molecule has 0 saturated heterocycles. The van der Waals surface area contributed by atoms with E-state index in [0.29, 0.717) is 12.5 Å². The molecule has 112 valence electrons. The molecular formula is C19H19NOS. The topological polar surface area (TPSA) is 35.2 Å². The number of hydrogen-bond donors (Lipinski definition) is 1. The lowest BCUT2D eigenvalue weighted by molar-refractivity contribution is 0.481. The van der Waals surface area contributed by atoms with Crippen molar-refractivity contribution >= 4 is 11.3 Å². The Morgan fingerprint density at radius 3 is 2.45 bits per heavy atom. The minimum atomic E-state index is 0.368. The molecule has 0 saturated carbocycles. The lowest BCUT2D eigenvalue weighted by atomic mass is 9.98. The fourth-order valence-electron chi connectivity index (χ4n) is 2.47. The molecule has 1 heterocycles. The minimum absolute atomic E-state index is 0.368. The minimum Gasteiger partial charge on any atom is -0.457 e. The van der Waals surface area contributed by atoms with Crippen molar-refractivity contribution in [1.82, 2.24) is 0 Å². The van der Waals surface area contributed by atoms with E-state index in [4.69, 9.17) is 10.5 Å². The second-order valence-electron chi connectivity index (χ2n) is 5.21. The predicted molar refractivity (Wildman–Crippen MR) is 92.8 cm³/mol. The van der Waals surface area contributed by atoms with Crippen LogP contribution < -0.4 is 10.5 Å². The van der Waals surface area contributed by atoms with E-state index in [0.717, 1.165) is 17.9 Å². The highest BCUT2D eigenvalue weighted by Crippen LogP contribution is 2.27. The number of ether oxygens (including phenoxy) is 1. The quantitative estimate of drug-likeness (QED) is 0.708. The Morgan fingerprint density at radius 2 is 1.73 bits per heavy atom. The van der Waals surface area contributed by atoms with Gasteiger partial charge in [-0.1, -0.05) is 36.4 Å². The van der Waals surface area contributed by atoms with Gasteiger partial charge in [-0.3, -0.25) is 0 Å². The third kappa shape index (κ3) is 3.75. The second-order valence-corrected chi connectivity index (χ2v) is 6.19. The molecule has 2 nitrogen and oxygen atoms in total. The molecule has 3 aromatic rings. The number of hydrogen-bond acceptors (Lipinski definition) is 3. The highest BCUT2D eigenvalue weighted by atomic mass is 32.1. The first kappa shape index (κ1) is 14.8. The van der Waals surface area contributed by atoms with Crippen molar-refractivity contribution < 1.29 is 4.74 Å². The largest absolute Gasteiger partial charge is 0.457 e. The maximum absolute atomic E-state index is 5.95. The summed E-state index contributed by atoms with van der Waals surface area (Å²) in [5.41, 5.74) is 7.20. The summed E-state index contributed by atoms with van der Waals surface area (Å²) in [5, 5.41) is 2.10. The molecule has 3 heteroatoms. The molecule has 0 radical (unpaired) electrons. The monoisotopic (exact) mass is 309 g/mol. The molecule has 1 aromatic heterocycles. The lowest BCUT2D eigenvalue weighted by Gasteiger charge is -2.14. The van der Waals surface area contributed by atoms with Crippen LogP contribution in [0.5, 0.6) is 11.5 Å². The molecule has 0 aliphatic rings. The van der Waals surface area contributed by atoms with Gasteiger partial charge in [0.1, 0.15) is 11.5 Å². The molecular weight excluding hydrogens is 290 g/mol. The smallest absolute Gasteiger partial charge is 0.127 e. The van der Waals surface area contributed by atoms with E-state index in [9.17, 15) is 0 Å². The summed E-state index contributed by atoms with van der Waals surface area (Å²) >= 11 is 1.77. The average Bonchev–Trinajstić information content (AvgIpc) is 3.08. The van der Waals surface area contributed by atoms with E-state index in [-0.39, 0.29) is 0 Å². The third-order valence-electron chi connectivity index (χ3n) is 3.59. The number of thiophene rings is 1. The fourth-order valence-corrected chi connectivity index (χ4v) is 3.31. The number of nitrogens with two attached hydrogens (primary N) is 1. The van der Waals surface area contributed by atoms with Crippen LogP contribution in [0.25, 0.3) is 0 Å². The zero-order chi connectivity index (χ0) is 15.2. The van der Waals surface area contributed by atoms with Gasteiger partial charge in [-0.2, -0.15) is 0 Å². The summed E-state index contributed by atoms with van der Waals surface area (Å²) in [6, 6.07) is 22.3. The van der Waals surface area contributed by atoms with Crippen molar-refractivity contribution in [3.63, 3.8) is 0 Å². The van der Waals surface area contributed by atoms with Gasteiger partial charge in [-0.15, -0.1) is 11.3 Å². The van der Waals surface area contributed by atoms with Gasteiger partial charge in [-0.05, 0) is 47.7 Å². The predicted octanol–water partition coefficient (Wildman–Crippen LogP) is 4.83. The molecule has 2 aromatic carbocycles. The zero-order valence-electron chi connectivity index (χ0n) is 12.3. The number of benzene rings is 2. The molecule has 0 bridgehead atoms. The Hall–Kier alpha value is -2.10. The maximum Gasteiger partial charge on any atom is 0.127 e. The molecule has 1 unspecified atom stereocenters. The molecule has 0 aliphatic heterocycles. The van der Waals surface area contributed by atoms with Crippen molar-refractivity contribution in [2.75, 3.05) is 6.54 Å². The van der Waals surface area contributed by atoms with E-state index >= 15 is 0 Å². The van der Waals surface area contributed by atoms with Crippen molar-refractivity contribution in [3.05, 3.63) is 82.6 Å². The molecule has 0 aliphatic carbocycles. The van der Waals surface area contributed by atoms with Crippen LogP contribution in [0.1, 0.15) is 16.4 Å². The zero-order valence-corrected chi connectivity index (χ0v) is 13.1.